The van der Waals surface area contributed by atoms with Gasteiger partial charge in [-0.05, 0) is 37.1 Å². The Morgan fingerprint density at radius 2 is 1.82 bits per heavy atom. The number of carbonyl (C=O) groups excluding carboxylic acids is 2. The van der Waals surface area contributed by atoms with Crippen molar-refractivity contribution in [1.82, 2.24) is 10.2 Å². The molecule has 1 amide bonds. The van der Waals surface area contributed by atoms with Crippen LogP contribution in [0.5, 0.6) is 0 Å². The summed E-state index contributed by atoms with van der Waals surface area (Å²) in [5.74, 6) is -0.742. The number of hydrogen-bond acceptors (Lipinski definition) is 5. The zero-order valence-electron chi connectivity index (χ0n) is 16.9. The molecule has 1 fully saturated rings. The minimum atomic E-state index is -0.591. The summed E-state index contributed by atoms with van der Waals surface area (Å²) < 4.78 is 10.3. The molecule has 1 saturated heterocycles. The van der Waals surface area contributed by atoms with E-state index >= 15 is 0 Å². The van der Waals surface area contributed by atoms with Crippen LogP contribution in [0.3, 0.4) is 0 Å². The summed E-state index contributed by atoms with van der Waals surface area (Å²) in [6.07, 6.45) is -0.515. The summed E-state index contributed by atoms with van der Waals surface area (Å²) in [5.41, 5.74) is 0.603. The van der Waals surface area contributed by atoms with Crippen molar-refractivity contribution in [3.63, 3.8) is 0 Å². The zero-order valence-corrected chi connectivity index (χ0v) is 16.9. The molecule has 0 unspecified atom stereocenters. The first-order chi connectivity index (χ1) is 13.3. The van der Waals surface area contributed by atoms with Crippen LogP contribution < -0.4 is 5.32 Å². The van der Waals surface area contributed by atoms with Crippen LogP contribution in [0.15, 0.2) is 42.5 Å². The van der Waals surface area contributed by atoms with Gasteiger partial charge in [0.1, 0.15) is 5.60 Å². The van der Waals surface area contributed by atoms with Crippen LogP contribution in [0.2, 0.25) is 0 Å². The fraction of sp³-hybridized carbons (Fsp3) is 0.455. The Morgan fingerprint density at radius 3 is 2.54 bits per heavy atom. The third-order valence-corrected chi connectivity index (χ3v) is 4.88. The predicted molar refractivity (Wildman–Crippen MR) is 108 cm³/mol. The van der Waals surface area contributed by atoms with Gasteiger partial charge in [-0.1, -0.05) is 42.5 Å². The standard InChI is InChI=1S/C22H28N2O4/c1-22(2,3)28-21(26)23-19-14-24(13-18(19)20(25)27-4)12-16-10-7-9-15-8-5-6-11-17(15)16/h5-11,18-19H,12-14H2,1-4H3,(H,23,26)/t18-,19-/m1/s1. The highest BCUT2D eigenvalue weighted by atomic mass is 16.6. The minimum Gasteiger partial charge on any atom is -0.469 e. The number of ether oxygens (including phenoxy) is 2. The van der Waals surface area contributed by atoms with Crippen LogP contribution in [0.1, 0.15) is 26.3 Å². The van der Waals surface area contributed by atoms with Gasteiger partial charge in [-0.3, -0.25) is 9.69 Å². The second kappa shape index (κ2) is 8.19. The second-order valence-corrected chi connectivity index (χ2v) is 8.21. The Labute approximate surface area is 165 Å². The van der Waals surface area contributed by atoms with E-state index in [1.165, 1.54) is 23.4 Å². The normalized spacial score (nSPS) is 20.1. The van der Waals surface area contributed by atoms with Crippen molar-refractivity contribution in [2.75, 3.05) is 20.2 Å². The number of esters is 1. The quantitative estimate of drug-likeness (QED) is 0.819. The number of fused-ring (bicyclic) bond motifs is 1. The monoisotopic (exact) mass is 384 g/mol. The molecule has 0 saturated carbocycles. The van der Waals surface area contributed by atoms with Crippen LogP contribution in [-0.2, 0) is 20.8 Å². The fourth-order valence-corrected chi connectivity index (χ4v) is 3.68. The second-order valence-electron chi connectivity index (χ2n) is 8.21. The van der Waals surface area contributed by atoms with Gasteiger partial charge < -0.3 is 14.8 Å². The van der Waals surface area contributed by atoms with Crippen molar-refractivity contribution in [2.45, 2.75) is 39.0 Å². The summed E-state index contributed by atoms with van der Waals surface area (Å²) >= 11 is 0. The summed E-state index contributed by atoms with van der Waals surface area (Å²) in [6, 6.07) is 14.1. The number of methoxy groups -OCH3 is 1. The smallest absolute Gasteiger partial charge is 0.407 e. The van der Waals surface area contributed by atoms with Gasteiger partial charge in [0, 0.05) is 19.6 Å². The van der Waals surface area contributed by atoms with E-state index in [1.54, 1.807) is 0 Å². The van der Waals surface area contributed by atoms with E-state index in [0.717, 1.165) is 0 Å². The van der Waals surface area contributed by atoms with Crippen LogP contribution >= 0.6 is 0 Å². The first kappa shape index (κ1) is 20.1. The summed E-state index contributed by atoms with van der Waals surface area (Å²) in [4.78, 5) is 26.6. The molecule has 0 spiro atoms. The van der Waals surface area contributed by atoms with Crippen LogP contribution in [0.4, 0.5) is 4.79 Å². The first-order valence-corrected chi connectivity index (χ1v) is 9.53. The van der Waals surface area contributed by atoms with E-state index in [-0.39, 0.29) is 12.0 Å². The first-order valence-electron chi connectivity index (χ1n) is 9.53. The molecule has 1 N–H and O–H groups in total. The average Bonchev–Trinajstić information content (AvgIpc) is 3.02. The van der Waals surface area contributed by atoms with Gasteiger partial charge in [-0.2, -0.15) is 0 Å². The lowest BCUT2D eigenvalue weighted by Crippen LogP contribution is -2.45. The Hall–Kier alpha value is -2.60. The average molecular weight is 384 g/mol. The maximum Gasteiger partial charge on any atom is 0.407 e. The number of amides is 1. The Bertz CT molecular complexity index is 854. The number of hydrogen-bond donors (Lipinski definition) is 1. The van der Waals surface area contributed by atoms with Gasteiger partial charge >= 0.3 is 12.1 Å². The van der Waals surface area contributed by atoms with Crippen LogP contribution in [-0.4, -0.2) is 48.8 Å². The number of benzene rings is 2. The molecular formula is C22H28N2O4. The number of rotatable bonds is 4. The largest absolute Gasteiger partial charge is 0.469 e. The molecule has 2 aromatic carbocycles. The van der Waals surface area contributed by atoms with Gasteiger partial charge in [0.25, 0.3) is 0 Å². The topological polar surface area (TPSA) is 67.9 Å². The zero-order chi connectivity index (χ0) is 20.3. The van der Waals surface area contributed by atoms with Crippen LogP contribution in [0, 0.1) is 5.92 Å². The van der Waals surface area contributed by atoms with Gasteiger partial charge in [0.15, 0.2) is 0 Å². The molecule has 1 aliphatic heterocycles. The number of likely N-dealkylation sites (tertiary alicyclic amines) is 1. The Balaban J connectivity index is 1.74. The third-order valence-electron chi connectivity index (χ3n) is 4.88. The van der Waals surface area contributed by atoms with Crippen molar-refractivity contribution in [3.8, 4) is 0 Å². The van der Waals surface area contributed by atoms with Gasteiger partial charge in [-0.25, -0.2) is 4.79 Å². The molecule has 28 heavy (non-hydrogen) atoms. The lowest BCUT2D eigenvalue weighted by atomic mass is 10.0. The molecular weight excluding hydrogens is 356 g/mol. The molecule has 3 rings (SSSR count). The molecule has 2 aromatic rings. The van der Waals surface area contributed by atoms with E-state index < -0.39 is 17.6 Å². The van der Waals surface area contributed by atoms with E-state index in [2.05, 4.69) is 34.5 Å². The molecule has 2 atom stereocenters. The molecule has 0 aromatic heterocycles. The summed E-state index contributed by atoms with van der Waals surface area (Å²) in [6.45, 7) is 7.21. The highest BCUT2D eigenvalue weighted by Gasteiger charge is 2.40. The van der Waals surface area contributed by atoms with Crippen molar-refractivity contribution in [2.24, 2.45) is 5.92 Å². The molecule has 6 nitrogen and oxygen atoms in total. The Morgan fingerprint density at radius 1 is 1.11 bits per heavy atom. The number of alkyl carbamates (subject to hydrolysis) is 1. The minimum absolute atomic E-state index is 0.318. The van der Waals surface area contributed by atoms with Crippen molar-refractivity contribution >= 4 is 22.8 Å². The molecule has 0 radical (unpaired) electrons. The highest BCUT2D eigenvalue weighted by Crippen LogP contribution is 2.25. The maximum atomic E-state index is 12.3. The van der Waals surface area contributed by atoms with Gasteiger partial charge in [-0.15, -0.1) is 0 Å². The molecule has 1 aliphatic rings. The Kier molecular flexibility index (Phi) is 5.89. The summed E-state index contributed by atoms with van der Waals surface area (Å²) in [5, 5.41) is 5.23. The van der Waals surface area contributed by atoms with Crippen LogP contribution in [0.25, 0.3) is 10.8 Å². The number of nitrogens with zero attached hydrogens (tertiary/aromatic N) is 1. The molecule has 0 aliphatic carbocycles. The molecule has 6 heteroatoms. The molecule has 0 bridgehead atoms. The maximum absolute atomic E-state index is 12.3. The summed E-state index contributed by atoms with van der Waals surface area (Å²) in [7, 11) is 1.38. The van der Waals surface area contributed by atoms with Crippen molar-refractivity contribution < 1.29 is 19.1 Å². The lowest BCUT2D eigenvalue weighted by Gasteiger charge is -2.23. The molecule has 1 heterocycles. The van der Waals surface area contributed by atoms with E-state index in [9.17, 15) is 9.59 Å². The van der Waals surface area contributed by atoms with E-state index in [1.807, 2.05) is 39.0 Å². The van der Waals surface area contributed by atoms with Gasteiger partial charge in [0.2, 0.25) is 0 Å². The number of carbonyl (C=O) groups is 2. The highest BCUT2D eigenvalue weighted by molar-refractivity contribution is 5.85. The fourth-order valence-electron chi connectivity index (χ4n) is 3.68. The third kappa shape index (κ3) is 4.81. The lowest BCUT2D eigenvalue weighted by molar-refractivity contribution is -0.145. The van der Waals surface area contributed by atoms with Crippen molar-refractivity contribution in [3.05, 3.63) is 48.0 Å². The molecule has 150 valence electrons. The van der Waals surface area contributed by atoms with E-state index in [4.69, 9.17) is 9.47 Å². The number of nitrogens with one attached hydrogen (secondary N) is 1. The predicted octanol–water partition coefficient (Wildman–Crippen LogP) is 3.34. The van der Waals surface area contributed by atoms with Crippen molar-refractivity contribution in [1.29, 1.82) is 0 Å². The van der Waals surface area contributed by atoms with E-state index in [0.29, 0.717) is 19.6 Å². The SMILES string of the molecule is COC(=O)[C@@H]1CN(Cc2cccc3ccccc23)C[C@H]1NC(=O)OC(C)(C)C. The van der Waals surface area contributed by atoms with Gasteiger partial charge in [0.05, 0.1) is 19.1 Å².